The minimum Gasteiger partial charge on any atom is -0.317 e. The fourth-order valence-corrected chi connectivity index (χ4v) is 4.48. The first kappa shape index (κ1) is 16.9. The number of nitrogens with zero attached hydrogens (tertiary/aromatic N) is 1. The van der Waals surface area contributed by atoms with Gasteiger partial charge in [0.25, 0.3) is 0 Å². The number of piperidine rings is 1. The van der Waals surface area contributed by atoms with Gasteiger partial charge in [0, 0.05) is 17.6 Å². The number of nitrogens with one attached hydrogen (secondary N) is 1. The molecular weight excluding hydrogens is 359 g/mol. The number of hydrogen-bond donors (Lipinski definition) is 1. The number of hydrogen-bond acceptors (Lipinski definition) is 3. The van der Waals surface area contributed by atoms with Gasteiger partial charge in [-0.15, -0.1) is 0 Å². The van der Waals surface area contributed by atoms with E-state index in [1.807, 2.05) is 0 Å². The maximum absolute atomic E-state index is 14.0. The number of halogens is 2. The third kappa shape index (κ3) is 4.03. The van der Waals surface area contributed by atoms with Gasteiger partial charge in [0.1, 0.15) is 10.7 Å². The van der Waals surface area contributed by atoms with Gasteiger partial charge in [-0.3, -0.25) is 0 Å². The van der Waals surface area contributed by atoms with Crippen molar-refractivity contribution in [2.45, 2.75) is 24.7 Å². The lowest BCUT2D eigenvalue weighted by atomic mass is 9.98. The Hall–Kier alpha value is -0.500. The standard InChI is InChI=1S/C14H20BrFN2O2S/c1-2-18(10-11-5-7-17-8-6-11)21(19,20)14-4-3-12(15)9-13(14)16/h3-4,9,11,17H,2,5-8,10H2,1H3. The van der Waals surface area contributed by atoms with E-state index in [4.69, 9.17) is 0 Å². The van der Waals surface area contributed by atoms with Crippen LogP contribution in [0.2, 0.25) is 0 Å². The van der Waals surface area contributed by atoms with Crippen molar-refractivity contribution in [3.63, 3.8) is 0 Å². The molecule has 0 bridgehead atoms. The zero-order valence-electron chi connectivity index (χ0n) is 12.0. The summed E-state index contributed by atoms with van der Waals surface area (Å²) >= 11 is 3.14. The lowest BCUT2D eigenvalue weighted by Crippen LogP contribution is -2.39. The minimum absolute atomic E-state index is 0.249. The molecule has 0 saturated carbocycles. The maximum atomic E-state index is 14.0. The summed E-state index contributed by atoms with van der Waals surface area (Å²) in [6.45, 7) is 4.41. The summed E-state index contributed by atoms with van der Waals surface area (Å²) < 4.78 is 41.1. The van der Waals surface area contributed by atoms with Gasteiger partial charge in [-0.25, -0.2) is 12.8 Å². The van der Waals surface area contributed by atoms with Crippen LogP contribution in [0.4, 0.5) is 4.39 Å². The molecule has 1 aliphatic heterocycles. The molecule has 118 valence electrons. The van der Waals surface area contributed by atoms with Gasteiger partial charge >= 0.3 is 0 Å². The molecule has 0 aromatic heterocycles. The Balaban J connectivity index is 2.22. The first-order valence-electron chi connectivity index (χ1n) is 7.11. The molecule has 1 saturated heterocycles. The predicted octanol–water partition coefficient (Wildman–Crippen LogP) is 2.60. The van der Waals surface area contributed by atoms with E-state index in [2.05, 4.69) is 21.2 Å². The second-order valence-corrected chi connectivity index (χ2v) is 8.05. The quantitative estimate of drug-likeness (QED) is 0.856. The van der Waals surface area contributed by atoms with E-state index in [0.717, 1.165) is 25.9 Å². The second kappa shape index (κ2) is 7.17. The average Bonchev–Trinajstić information content (AvgIpc) is 2.45. The molecule has 1 aliphatic rings. The van der Waals surface area contributed by atoms with E-state index in [1.165, 1.54) is 16.4 Å². The second-order valence-electron chi connectivity index (χ2n) is 5.22. The Kier molecular flexibility index (Phi) is 5.76. The molecule has 7 heteroatoms. The van der Waals surface area contributed by atoms with Gasteiger partial charge in [0.2, 0.25) is 10.0 Å². The minimum atomic E-state index is -3.78. The molecular formula is C14H20BrFN2O2S. The molecule has 0 unspecified atom stereocenters. The van der Waals surface area contributed by atoms with E-state index >= 15 is 0 Å². The molecule has 1 fully saturated rings. The van der Waals surface area contributed by atoms with Crippen LogP contribution in [0.3, 0.4) is 0 Å². The fourth-order valence-electron chi connectivity index (χ4n) is 2.57. The Morgan fingerprint density at radius 1 is 1.38 bits per heavy atom. The van der Waals surface area contributed by atoms with Crippen LogP contribution in [0.15, 0.2) is 27.6 Å². The molecule has 21 heavy (non-hydrogen) atoms. The van der Waals surface area contributed by atoms with Gasteiger partial charge in [0.05, 0.1) is 0 Å². The van der Waals surface area contributed by atoms with Gasteiger partial charge < -0.3 is 5.32 Å². The van der Waals surface area contributed by atoms with Crippen molar-refractivity contribution in [2.24, 2.45) is 5.92 Å². The average molecular weight is 379 g/mol. The number of sulfonamides is 1. The monoisotopic (exact) mass is 378 g/mol. The van der Waals surface area contributed by atoms with Gasteiger partial charge in [-0.2, -0.15) is 4.31 Å². The van der Waals surface area contributed by atoms with E-state index in [0.29, 0.717) is 23.5 Å². The smallest absolute Gasteiger partial charge is 0.245 e. The third-order valence-electron chi connectivity index (χ3n) is 3.79. The summed E-state index contributed by atoms with van der Waals surface area (Å²) in [6.07, 6.45) is 1.91. The van der Waals surface area contributed by atoms with E-state index in [9.17, 15) is 12.8 Å². The van der Waals surface area contributed by atoms with Crippen molar-refractivity contribution < 1.29 is 12.8 Å². The van der Waals surface area contributed by atoms with Crippen LogP contribution < -0.4 is 5.32 Å². The van der Waals surface area contributed by atoms with E-state index < -0.39 is 15.8 Å². The molecule has 1 heterocycles. The molecule has 0 amide bonds. The highest BCUT2D eigenvalue weighted by Crippen LogP contribution is 2.24. The molecule has 0 spiro atoms. The molecule has 1 N–H and O–H groups in total. The van der Waals surface area contributed by atoms with Crippen LogP contribution in [0.1, 0.15) is 19.8 Å². The summed E-state index contributed by atoms with van der Waals surface area (Å²) in [5, 5.41) is 3.26. The first-order chi connectivity index (χ1) is 9.95. The molecule has 2 rings (SSSR count). The summed E-state index contributed by atoms with van der Waals surface area (Å²) in [4.78, 5) is -0.249. The summed E-state index contributed by atoms with van der Waals surface area (Å²) in [5.41, 5.74) is 0. The van der Waals surface area contributed by atoms with Crippen LogP contribution in [0.25, 0.3) is 0 Å². The predicted molar refractivity (Wildman–Crippen MR) is 84.1 cm³/mol. The van der Waals surface area contributed by atoms with Crippen LogP contribution in [-0.4, -0.2) is 38.9 Å². The Morgan fingerprint density at radius 2 is 2.05 bits per heavy atom. The maximum Gasteiger partial charge on any atom is 0.245 e. The van der Waals surface area contributed by atoms with E-state index in [-0.39, 0.29) is 4.90 Å². The number of benzene rings is 1. The molecule has 0 radical (unpaired) electrons. The highest BCUT2D eigenvalue weighted by molar-refractivity contribution is 9.10. The molecule has 0 atom stereocenters. The highest BCUT2D eigenvalue weighted by atomic mass is 79.9. The Bertz CT molecular complexity index is 589. The van der Waals surface area contributed by atoms with Crippen LogP contribution in [-0.2, 0) is 10.0 Å². The summed E-state index contributed by atoms with van der Waals surface area (Å²) in [5.74, 6) is -0.382. The van der Waals surface area contributed by atoms with Crippen molar-refractivity contribution >= 4 is 26.0 Å². The van der Waals surface area contributed by atoms with Crippen molar-refractivity contribution in [2.75, 3.05) is 26.2 Å². The molecule has 4 nitrogen and oxygen atoms in total. The molecule has 1 aromatic rings. The van der Waals surface area contributed by atoms with Crippen molar-refractivity contribution in [3.05, 3.63) is 28.5 Å². The lowest BCUT2D eigenvalue weighted by Gasteiger charge is -2.29. The van der Waals surface area contributed by atoms with Crippen molar-refractivity contribution in [1.29, 1.82) is 0 Å². The first-order valence-corrected chi connectivity index (χ1v) is 9.34. The Labute approximate surface area is 133 Å². The fraction of sp³-hybridized carbons (Fsp3) is 0.571. The Morgan fingerprint density at radius 3 is 2.62 bits per heavy atom. The molecule has 1 aromatic carbocycles. The largest absolute Gasteiger partial charge is 0.317 e. The summed E-state index contributed by atoms with van der Waals surface area (Å²) in [6, 6.07) is 4.05. The van der Waals surface area contributed by atoms with Crippen LogP contribution in [0, 0.1) is 11.7 Å². The highest BCUT2D eigenvalue weighted by Gasteiger charge is 2.29. The zero-order valence-corrected chi connectivity index (χ0v) is 14.4. The number of rotatable bonds is 5. The van der Waals surface area contributed by atoms with Crippen LogP contribution >= 0.6 is 15.9 Å². The normalized spacial score (nSPS) is 17.3. The lowest BCUT2D eigenvalue weighted by molar-refractivity contribution is 0.293. The molecule has 0 aliphatic carbocycles. The van der Waals surface area contributed by atoms with Crippen LogP contribution in [0.5, 0.6) is 0 Å². The van der Waals surface area contributed by atoms with Crippen molar-refractivity contribution in [1.82, 2.24) is 9.62 Å². The SMILES string of the molecule is CCN(CC1CCNCC1)S(=O)(=O)c1ccc(Br)cc1F. The van der Waals surface area contributed by atoms with Gasteiger partial charge in [-0.1, -0.05) is 22.9 Å². The van der Waals surface area contributed by atoms with E-state index in [1.54, 1.807) is 13.0 Å². The topological polar surface area (TPSA) is 49.4 Å². The van der Waals surface area contributed by atoms with Crippen molar-refractivity contribution in [3.8, 4) is 0 Å². The third-order valence-corrected chi connectivity index (χ3v) is 6.25. The zero-order chi connectivity index (χ0) is 15.5. The van der Waals surface area contributed by atoms with Gasteiger partial charge in [-0.05, 0) is 50.0 Å². The summed E-state index contributed by atoms with van der Waals surface area (Å²) in [7, 11) is -3.78. The van der Waals surface area contributed by atoms with Gasteiger partial charge in [0.15, 0.2) is 0 Å².